The van der Waals surface area contributed by atoms with Gasteiger partial charge in [-0.05, 0) is 30.5 Å². The molecule has 2 heterocycles. The first-order valence-corrected chi connectivity index (χ1v) is 5.61. The van der Waals surface area contributed by atoms with Crippen LogP contribution >= 0.6 is 0 Å². The lowest BCUT2D eigenvalue weighted by Gasteiger charge is -2.06. The Morgan fingerprint density at radius 3 is 2.71 bits per heavy atom. The van der Waals surface area contributed by atoms with Crippen molar-refractivity contribution in [1.82, 2.24) is 9.97 Å². The van der Waals surface area contributed by atoms with E-state index in [4.69, 9.17) is 0 Å². The molecule has 3 rings (SSSR count). The van der Waals surface area contributed by atoms with Crippen molar-refractivity contribution in [3.63, 3.8) is 0 Å². The normalized spacial score (nSPS) is 10.6. The third-order valence-corrected chi connectivity index (χ3v) is 2.89. The van der Waals surface area contributed by atoms with Gasteiger partial charge in [-0.1, -0.05) is 24.3 Å². The van der Waals surface area contributed by atoms with Crippen LogP contribution in [0.25, 0.3) is 22.0 Å². The summed E-state index contributed by atoms with van der Waals surface area (Å²) in [5, 5.41) is 2.43. The Bertz CT molecular complexity index is 660. The number of pyridine rings is 2. The minimum Gasteiger partial charge on any atom is -0.264 e. The maximum absolute atomic E-state index is 4.63. The number of rotatable bonds is 1. The Balaban J connectivity index is 2.26. The predicted octanol–water partition coefficient (Wildman–Crippen LogP) is 3.61. The van der Waals surface area contributed by atoms with Gasteiger partial charge in [0.05, 0.1) is 5.69 Å². The molecule has 1 aromatic carbocycles. The van der Waals surface area contributed by atoms with E-state index < -0.39 is 0 Å². The molecule has 0 aliphatic rings. The Labute approximate surface area is 100.0 Å². The first-order chi connectivity index (χ1) is 8.34. The van der Waals surface area contributed by atoms with E-state index in [0.29, 0.717) is 0 Å². The quantitative estimate of drug-likeness (QED) is 0.626. The van der Waals surface area contributed by atoms with E-state index in [9.17, 15) is 0 Å². The highest BCUT2D eigenvalue weighted by Gasteiger charge is 2.03. The van der Waals surface area contributed by atoms with Crippen LogP contribution in [0.5, 0.6) is 0 Å². The molecule has 0 aliphatic carbocycles. The van der Waals surface area contributed by atoms with E-state index in [1.807, 2.05) is 31.3 Å². The lowest BCUT2D eigenvalue weighted by atomic mass is 10.1. The van der Waals surface area contributed by atoms with Gasteiger partial charge in [-0.2, -0.15) is 0 Å². The Kier molecular flexibility index (Phi) is 2.33. The Morgan fingerprint density at radius 1 is 1.00 bits per heavy atom. The zero-order valence-corrected chi connectivity index (χ0v) is 9.59. The van der Waals surface area contributed by atoms with E-state index in [1.54, 1.807) is 6.20 Å². The van der Waals surface area contributed by atoms with Crippen LogP contribution in [0.2, 0.25) is 0 Å². The van der Waals surface area contributed by atoms with Crippen LogP contribution in [0.15, 0.2) is 54.9 Å². The number of aryl methyl sites for hydroxylation is 1. The van der Waals surface area contributed by atoms with Crippen molar-refractivity contribution in [3.05, 3.63) is 60.6 Å². The highest BCUT2D eigenvalue weighted by molar-refractivity contribution is 5.87. The highest BCUT2D eigenvalue weighted by atomic mass is 14.7. The molecule has 0 bridgehead atoms. The maximum Gasteiger partial charge on any atom is 0.0727 e. The molecule has 2 heteroatoms. The molecule has 0 fully saturated rings. The number of nitrogens with zero attached hydrogens (tertiary/aromatic N) is 2. The lowest BCUT2D eigenvalue weighted by molar-refractivity contribution is 1.22. The van der Waals surface area contributed by atoms with Crippen molar-refractivity contribution >= 4 is 10.8 Å². The fourth-order valence-electron chi connectivity index (χ4n) is 2.03. The van der Waals surface area contributed by atoms with E-state index >= 15 is 0 Å². The molecule has 2 nitrogen and oxygen atoms in total. The van der Waals surface area contributed by atoms with Crippen molar-refractivity contribution < 1.29 is 0 Å². The summed E-state index contributed by atoms with van der Waals surface area (Å²) in [6.07, 6.45) is 3.62. The minimum absolute atomic E-state index is 0.981. The molecule has 0 spiro atoms. The van der Waals surface area contributed by atoms with E-state index in [0.717, 1.165) is 17.0 Å². The standard InChI is InChI=1S/C15H12N2/c1-11-14-7-3-2-5-12(14)9-15(17-11)13-6-4-8-16-10-13/h2-10H,1H3. The number of aromatic nitrogens is 2. The van der Waals surface area contributed by atoms with E-state index in [2.05, 4.69) is 34.2 Å². The van der Waals surface area contributed by atoms with Crippen LogP contribution in [-0.2, 0) is 0 Å². The van der Waals surface area contributed by atoms with Crippen molar-refractivity contribution in [2.24, 2.45) is 0 Å². The molecule has 3 aromatic rings. The van der Waals surface area contributed by atoms with Gasteiger partial charge in [0.2, 0.25) is 0 Å². The summed E-state index contributed by atoms with van der Waals surface area (Å²) in [4.78, 5) is 8.76. The molecule has 82 valence electrons. The lowest BCUT2D eigenvalue weighted by Crippen LogP contribution is -1.89. The summed E-state index contributed by atoms with van der Waals surface area (Å²) in [7, 11) is 0. The zero-order chi connectivity index (χ0) is 11.7. The average Bonchev–Trinajstić information content (AvgIpc) is 2.40. The number of hydrogen-bond donors (Lipinski definition) is 0. The van der Waals surface area contributed by atoms with Crippen LogP contribution in [0.3, 0.4) is 0 Å². The van der Waals surface area contributed by atoms with Crippen LogP contribution in [0, 0.1) is 6.92 Å². The molecule has 0 atom stereocenters. The second kappa shape index (κ2) is 3.98. The van der Waals surface area contributed by atoms with Gasteiger partial charge in [-0.25, -0.2) is 0 Å². The smallest absolute Gasteiger partial charge is 0.0727 e. The van der Waals surface area contributed by atoms with Gasteiger partial charge in [0.1, 0.15) is 0 Å². The first kappa shape index (κ1) is 9.97. The van der Waals surface area contributed by atoms with Crippen LogP contribution in [0.4, 0.5) is 0 Å². The third kappa shape index (κ3) is 1.78. The van der Waals surface area contributed by atoms with E-state index in [-0.39, 0.29) is 0 Å². The largest absolute Gasteiger partial charge is 0.264 e. The zero-order valence-electron chi connectivity index (χ0n) is 9.59. The second-order valence-corrected chi connectivity index (χ2v) is 4.06. The molecule has 2 aromatic heterocycles. The number of fused-ring (bicyclic) bond motifs is 1. The fraction of sp³-hybridized carbons (Fsp3) is 0.0667. The van der Waals surface area contributed by atoms with Gasteiger partial charge in [-0.15, -0.1) is 0 Å². The van der Waals surface area contributed by atoms with Gasteiger partial charge < -0.3 is 0 Å². The molecule has 17 heavy (non-hydrogen) atoms. The minimum atomic E-state index is 0.981. The highest BCUT2D eigenvalue weighted by Crippen LogP contribution is 2.23. The molecule has 0 amide bonds. The van der Waals surface area contributed by atoms with Crippen molar-refractivity contribution in [2.75, 3.05) is 0 Å². The molecule has 0 aliphatic heterocycles. The van der Waals surface area contributed by atoms with Gasteiger partial charge in [0.15, 0.2) is 0 Å². The summed E-state index contributed by atoms with van der Waals surface area (Å²) in [5.41, 5.74) is 3.10. The number of hydrogen-bond acceptors (Lipinski definition) is 2. The molecular formula is C15H12N2. The fourth-order valence-corrected chi connectivity index (χ4v) is 2.03. The van der Waals surface area contributed by atoms with Gasteiger partial charge in [-0.3, -0.25) is 9.97 Å². The van der Waals surface area contributed by atoms with Crippen LogP contribution < -0.4 is 0 Å². The molecule has 0 saturated carbocycles. The first-order valence-electron chi connectivity index (χ1n) is 5.61. The monoisotopic (exact) mass is 220 g/mol. The predicted molar refractivity (Wildman–Crippen MR) is 69.7 cm³/mol. The topological polar surface area (TPSA) is 25.8 Å². The van der Waals surface area contributed by atoms with Gasteiger partial charge in [0.25, 0.3) is 0 Å². The molecular weight excluding hydrogens is 208 g/mol. The molecule has 0 saturated heterocycles. The number of benzene rings is 1. The molecule has 0 radical (unpaired) electrons. The van der Waals surface area contributed by atoms with Gasteiger partial charge >= 0.3 is 0 Å². The summed E-state index contributed by atoms with van der Waals surface area (Å²) in [6.45, 7) is 2.04. The average molecular weight is 220 g/mol. The van der Waals surface area contributed by atoms with Crippen LogP contribution in [-0.4, -0.2) is 9.97 Å². The molecule has 0 N–H and O–H groups in total. The SMILES string of the molecule is Cc1nc(-c2cccnc2)cc2ccccc12. The van der Waals surface area contributed by atoms with Crippen molar-refractivity contribution in [3.8, 4) is 11.3 Å². The van der Waals surface area contributed by atoms with E-state index in [1.165, 1.54) is 10.8 Å². The van der Waals surface area contributed by atoms with Gasteiger partial charge in [0, 0.05) is 29.0 Å². The Hall–Kier alpha value is -2.22. The summed E-state index contributed by atoms with van der Waals surface area (Å²) < 4.78 is 0. The summed E-state index contributed by atoms with van der Waals surface area (Å²) in [6, 6.07) is 14.4. The third-order valence-electron chi connectivity index (χ3n) is 2.89. The van der Waals surface area contributed by atoms with Crippen molar-refractivity contribution in [2.45, 2.75) is 6.92 Å². The maximum atomic E-state index is 4.63. The van der Waals surface area contributed by atoms with Crippen molar-refractivity contribution in [1.29, 1.82) is 0 Å². The Morgan fingerprint density at radius 2 is 1.88 bits per heavy atom. The van der Waals surface area contributed by atoms with Crippen LogP contribution in [0.1, 0.15) is 5.69 Å². The summed E-state index contributed by atoms with van der Waals surface area (Å²) in [5.74, 6) is 0. The summed E-state index contributed by atoms with van der Waals surface area (Å²) >= 11 is 0. The second-order valence-electron chi connectivity index (χ2n) is 4.06. The molecule has 0 unspecified atom stereocenters.